The normalized spacial score (nSPS) is 17.5. The average Bonchev–Trinajstić information content (AvgIpc) is 2.25. The van der Waals surface area contributed by atoms with Crippen molar-refractivity contribution in [1.29, 1.82) is 0 Å². The highest BCUT2D eigenvalue weighted by Gasteiger charge is 2.15. The molecule has 7 heteroatoms. The van der Waals surface area contributed by atoms with Crippen molar-refractivity contribution in [3.8, 4) is 5.88 Å². The van der Waals surface area contributed by atoms with Crippen LogP contribution in [0.1, 0.15) is 5.56 Å². The second-order valence-corrected chi connectivity index (χ2v) is 4.03. The largest absolute Gasteiger partial charge is 0.494 e. The number of aromatic amines is 2. The summed E-state index contributed by atoms with van der Waals surface area (Å²) < 4.78 is 5.34. The third kappa shape index (κ3) is 2.49. The van der Waals surface area contributed by atoms with Crippen LogP contribution in [0.4, 0.5) is 0 Å². The Kier molecular flexibility index (Phi) is 3.37. The molecule has 16 heavy (non-hydrogen) atoms. The van der Waals surface area contributed by atoms with E-state index in [0.717, 1.165) is 13.1 Å². The van der Waals surface area contributed by atoms with Crippen molar-refractivity contribution in [2.24, 2.45) is 0 Å². The summed E-state index contributed by atoms with van der Waals surface area (Å²) >= 11 is 4.75. The summed E-state index contributed by atoms with van der Waals surface area (Å²) in [5.74, 6) is -0.153. The molecule has 1 fully saturated rings. The minimum atomic E-state index is -0.340. The fourth-order valence-electron chi connectivity index (χ4n) is 1.63. The zero-order valence-corrected chi connectivity index (χ0v) is 9.47. The van der Waals surface area contributed by atoms with E-state index in [4.69, 9.17) is 17.0 Å². The Bertz CT molecular complexity index is 476. The van der Waals surface area contributed by atoms with E-state index in [1.807, 2.05) is 4.90 Å². The maximum absolute atomic E-state index is 11.6. The Morgan fingerprint density at radius 3 is 2.69 bits per heavy atom. The number of nitrogens with zero attached hydrogens (tertiary/aromatic N) is 1. The highest BCUT2D eigenvalue weighted by atomic mass is 32.1. The molecule has 1 saturated heterocycles. The molecule has 0 unspecified atom stereocenters. The van der Waals surface area contributed by atoms with Gasteiger partial charge in [0.1, 0.15) is 0 Å². The quantitative estimate of drug-likeness (QED) is 0.636. The molecule has 0 bridgehead atoms. The van der Waals surface area contributed by atoms with Crippen LogP contribution in [0.2, 0.25) is 0 Å². The molecule has 2 heterocycles. The smallest absolute Gasteiger partial charge is 0.260 e. The van der Waals surface area contributed by atoms with E-state index < -0.39 is 0 Å². The van der Waals surface area contributed by atoms with Gasteiger partial charge in [-0.3, -0.25) is 14.7 Å². The van der Waals surface area contributed by atoms with Gasteiger partial charge in [-0.25, -0.2) is 0 Å². The van der Waals surface area contributed by atoms with Gasteiger partial charge in [0.05, 0.1) is 18.8 Å². The number of rotatable bonds is 2. The molecular weight excluding hydrogens is 230 g/mol. The van der Waals surface area contributed by atoms with E-state index in [-0.39, 0.29) is 16.2 Å². The van der Waals surface area contributed by atoms with Gasteiger partial charge in [0.15, 0.2) is 4.77 Å². The van der Waals surface area contributed by atoms with E-state index in [2.05, 4.69) is 9.97 Å². The summed E-state index contributed by atoms with van der Waals surface area (Å²) in [5.41, 5.74) is -0.0248. The number of aromatic nitrogens is 2. The second-order valence-electron chi connectivity index (χ2n) is 3.62. The maximum atomic E-state index is 11.6. The second kappa shape index (κ2) is 4.77. The first-order chi connectivity index (χ1) is 7.66. The fraction of sp³-hybridized carbons (Fsp3) is 0.556. The van der Waals surface area contributed by atoms with Gasteiger partial charge in [0.2, 0.25) is 5.88 Å². The molecule has 0 amide bonds. The van der Waals surface area contributed by atoms with E-state index in [0.29, 0.717) is 25.3 Å². The predicted molar refractivity (Wildman–Crippen MR) is 60.0 cm³/mol. The van der Waals surface area contributed by atoms with Gasteiger partial charge in [-0.05, 0) is 12.2 Å². The molecule has 0 aromatic carbocycles. The minimum absolute atomic E-state index is 0.133. The third-order valence-electron chi connectivity index (χ3n) is 2.50. The Morgan fingerprint density at radius 1 is 1.38 bits per heavy atom. The predicted octanol–water partition coefficient (Wildman–Crippen LogP) is -0.0297. The van der Waals surface area contributed by atoms with E-state index in [1.54, 1.807) is 0 Å². The molecule has 1 aliphatic rings. The van der Waals surface area contributed by atoms with E-state index >= 15 is 0 Å². The summed E-state index contributed by atoms with van der Waals surface area (Å²) in [6, 6.07) is 0. The van der Waals surface area contributed by atoms with Crippen LogP contribution >= 0.6 is 12.2 Å². The average molecular weight is 243 g/mol. The zero-order chi connectivity index (χ0) is 11.5. The SMILES string of the molecule is O=c1[nH]c(=S)[nH]c(O)c1CN1CCOCC1. The van der Waals surface area contributed by atoms with Gasteiger partial charge in [0.25, 0.3) is 5.56 Å². The molecule has 1 aromatic rings. The van der Waals surface area contributed by atoms with Crippen LogP contribution in [0, 0.1) is 4.77 Å². The minimum Gasteiger partial charge on any atom is -0.494 e. The van der Waals surface area contributed by atoms with Crippen LogP contribution in [0.15, 0.2) is 4.79 Å². The molecule has 0 spiro atoms. The van der Waals surface area contributed by atoms with Crippen LogP contribution in [0.5, 0.6) is 5.88 Å². The number of nitrogens with one attached hydrogen (secondary N) is 2. The van der Waals surface area contributed by atoms with Crippen LogP contribution in [-0.2, 0) is 11.3 Å². The van der Waals surface area contributed by atoms with Crippen LogP contribution < -0.4 is 5.56 Å². The Balaban J connectivity index is 2.20. The lowest BCUT2D eigenvalue weighted by molar-refractivity contribution is 0.0336. The molecular formula is C9H13N3O3S. The lowest BCUT2D eigenvalue weighted by Crippen LogP contribution is -2.37. The molecule has 0 saturated carbocycles. The molecule has 88 valence electrons. The number of ether oxygens (including phenoxy) is 1. The van der Waals surface area contributed by atoms with Gasteiger partial charge < -0.3 is 14.8 Å². The first-order valence-electron chi connectivity index (χ1n) is 5.01. The number of hydrogen-bond acceptors (Lipinski definition) is 5. The zero-order valence-electron chi connectivity index (χ0n) is 8.65. The van der Waals surface area contributed by atoms with Crippen molar-refractivity contribution in [3.05, 3.63) is 20.7 Å². The van der Waals surface area contributed by atoms with Crippen LogP contribution in [-0.4, -0.2) is 46.3 Å². The van der Waals surface area contributed by atoms with Gasteiger partial charge in [-0.1, -0.05) is 0 Å². The summed E-state index contributed by atoms with van der Waals surface area (Å²) in [4.78, 5) is 18.6. The summed E-state index contributed by atoms with van der Waals surface area (Å²) in [7, 11) is 0. The van der Waals surface area contributed by atoms with Crippen molar-refractivity contribution >= 4 is 12.2 Å². The Hall–Kier alpha value is -1.18. The lowest BCUT2D eigenvalue weighted by Gasteiger charge is -2.26. The summed E-state index contributed by atoms with van der Waals surface area (Å²) in [5, 5.41) is 9.60. The molecule has 0 atom stereocenters. The van der Waals surface area contributed by atoms with E-state index in [1.165, 1.54) is 0 Å². The number of hydrogen-bond donors (Lipinski definition) is 3. The fourth-order valence-corrected chi connectivity index (χ4v) is 1.82. The standard InChI is InChI=1S/C9H13N3O3S/c13-7-6(8(14)11-9(16)10-7)5-12-1-3-15-4-2-12/h1-5H2,(H3,10,11,13,14,16). The van der Waals surface area contributed by atoms with Gasteiger partial charge in [-0.2, -0.15) is 0 Å². The van der Waals surface area contributed by atoms with Crippen molar-refractivity contribution in [2.45, 2.75) is 6.54 Å². The molecule has 2 rings (SSSR count). The van der Waals surface area contributed by atoms with Crippen LogP contribution in [0.3, 0.4) is 0 Å². The van der Waals surface area contributed by atoms with Gasteiger partial charge in [0, 0.05) is 19.6 Å². The topological polar surface area (TPSA) is 81.3 Å². The van der Waals surface area contributed by atoms with Crippen molar-refractivity contribution in [2.75, 3.05) is 26.3 Å². The molecule has 6 nitrogen and oxygen atoms in total. The Labute approximate surface area is 96.9 Å². The van der Waals surface area contributed by atoms with Crippen molar-refractivity contribution < 1.29 is 9.84 Å². The number of aromatic hydroxyl groups is 1. The number of H-pyrrole nitrogens is 2. The lowest BCUT2D eigenvalue weighted by atomic mass is 10.2. The highest BCUT2D eigenvalue weighted by Crippen LogP contribution is 2.11. The molecule has 1 aromatic heterocycles. The monoisotopic (exact) mass is 243 g/mol. The van der Waals surface area contributed by atoms with Crippen molar-refractivity contribution in [3.63, 3.8) is 0 Å². The van der Waals surface area contributed by atoms with Crippen molar-refractivity contribution in [1.82, 2.24) is 14.9 Å². The molecule has 1 aliphatic heterocycles. The first kappa shape index (κ1) is 11.3. The molecule has 0 aliphatic carbocycles. The molecule has 3 N–H and O–H groups in total. The highest BCUT2D eigenvalue weighted by molar-refractivity contribution is 7.71. The first-order valence-corrected chi connectivity index (χ1v) is 5.42. The van der Waals surface area contributed by atoms with Gasteiger partial charge >= 0.3 is 0 Å². The maximum Gasteiger partial charge on any atom is 0.260 e. The van der Waals surface area contributed by atoms with Gasteiger partial charge in [-0.15, -0.1) is 0 Å². The summed E-state index contributed by atoms with van der Waals surface area (Å²) in [6.45, 7) is 3.22. The number of morpholine rings is 1. The van der Waals surface area contributed by atoms with E-state index in [9.17, 15) is 9.90 Å². The molecule has 0 radical (unpaired) electrons. The summed E-state index contributed by atoms with van der Waals surface area (Å²) in [6.07, 6.45) is 0. The Morgan fingerprint density at radius 2 is 2.06 bits per heavy atom. The third-order valence-corrected chi connectivity index (χ3v) is 2.71. The van der Waals surface area contributed by atoms with Crippen LogP contribution in [0.25, 0.3) is 0 Å².